The fourth-order valence-corrected chi connectivity index (χ4v) is 5.31. The summed E-state index contributed by atoms with van der Waals surface area (Å²) < 4.78 is 16.4. The van der Waals surface area contributed by atoms with Gasteiger partial charge in [-0.1, -0.05) is 25.0 Å². The molecular formula is C27H31NO6. The Morgan fingerprint density at radius 1 is 0.941 bits per heavy atom. The molecule has 180 valence electrons. The quantitative estimate of drug-likeness (QED) is 0.378. The van der Waals surface area contributed by atoms with Gasteiger partial charge in [0.05, 0.1) is 38.5 Å². The lowest BCUT2D eigenvalue weighted by Crippen LogP contribution is -2.37. The second-order valence-electron chi connectivity index (χ2n) is 8.92. The molecule has 2 aromatic carbocycles. The highest BCUT2D eigenvalue weighted by molar-refractivity contribution is 6.46. The maximum atomic E-state index is 13.4. The van der Waals surface area contributed by atoms with Crippen LogP contribution in [0, 0.1) is 13.8 Å². The van der Waals surface area contributed by atoms with Gasteiger partial charge in [-0.2, -0.15) is 0 Å². The van der Waals surface area contributed by atoms with E-state index in [9.17, 15) is 14.7 Å². The van der Waals surface area contributed by atoms with Crippen molar-refractivity contribution >= 4 is 17.4 Å². The Morgan fingerprint density at radius 2 is 1.62 bits per heavy atom. The number of benzene rings is 2. The predicted molar refractivity (Wildman–Crippen MR) is 128 cm³/mol. The molecule has 1 saturated heterocycles. The first-order valence-corrected chi connectivity index (χ1v) is 11.5. The van der Waals surface area contributed by atoms with Crippen LogP contribution in [0.1, 0.15) is 54.0 Å². The Bertz CT molecular complexity index is 1160. The molecular weight excluding hydrogens is 434 g/mol. The molecule has 1 aliphatic heterocycles. The van der Waals surface area contributed by atoms with Crippen LogP contribution in [0.5, 0.6) is 17.2 Å². The van der Waals surface area contributed by atoms with Crippen LogP contribution in [0.15, 0.2) is 35.9 Å². The Hall–Kier alpha value is -3.48. The Kier molecular flexibility index (Phi) is 6.55. The Labute approximate surface area is 199 Å². The number of ether oxygens (including phenoxy) is 3. The topological polar surface area (TPSA) is 85.3 Å². The minimum atomic E-state index is -0.742. The van der Waals surface area contributed by atoms with Crippen LogP contribution < -0.4 is 14.2 Å². The largest absolute Gasteiger partial charge is 0.507 e. The molecule has 2 aliphatic rings. The Morgan fingerprint density at radius 3 is 2.24 bits per heavy atom. The molecule has 1 amide bonds. The van der Waals surface area contributed by atoms with Crippen LogP contribution in [0.4, 0.5) is 0 Å². The molecule has 2 fully saturated rings. The molecule has 1 atom stereocenters. The van der Waals surface area contributed by atoms with Crippen molar-refractivity contribution in [2.75, 3.05) is 21.3 Å². The first kappa shape index (κ1) is 23.7. The van der Waals surface area contributed by atoms with Crippen LogP contribution in [-0.2, 0) is 9.59 Å². The van der Waals surface area contributed by atoms with Gasteiger partial charge in [-0.3, -0.25) is 9.59 Å². The van der Waals surface area contributed by atoms with E-state index in [1.54, 1.807) is 30.2 Å². The number of nitrogens with zero attached hydrogens (tertiary/aromatic N) is 1. The number of hydrogen-bond donors (Lipinski definition) is 1. The van der Waals surface area contributed by atoms with Gasteiger partial charge in [0, 0.05) is 6.04 Å². The summed E-state index contributed by atoms with van der Waals surface area (Å²) in [5.41, 5.74) is 2.88. The van der Waals surface area contributed by atoms with E-state index >= 15 is 0 Å². The van der Waals surface area contributed by atoms with Crippen molar-refractivity contribution in [1.29, 1.82) is 0 Å². The average Bonchev–Trinajstić information content (AvgIpc) is 3.44. The molecule has 0 bridgehead atoms. The highest BCUT2D eigenvalue weighted by Crippen LogP contribution is 2.46. The maximum Gasteiger partial charge on any atom is 0.295 e. The van der Waals surface area contributed by atoms with Crippen LogP contribution >= 0.6 is 0 Å². The first-order chi connectivity index (χ1) is 16.3. The number of methoxy groups -OCH3 is 3. The Balaban J connectivity index is 1.97. The number of aliphatic hydroxyl groups excluding tert-OH is 1. The second kappa shape index (κ2) is 9.41. The predicted octanol–water partition coefficient (Wildman–Crippen LogP) is 4.69. The number of likely N-dealkylation sites (tertiary alicyclic amines) is 1. The molecule has 1 N–H and O–H groups in total. The maximum absolute atomic E-state index is 13.4. The summed E-state index contributed by atoms with van der Waals surface area (Å²) in [5.74, 6) is -0.00785. The summed E-state index contributed by atoms with van der Waals surface area (Å²) in [7, 11) is 4.61. The molecule has 7 nitrogen and oxygen atoms in total. The summed E-state index contributed by atoms with van der Waals surface area (Å²) >= 11 is 0. The van der Waals surface area contributed by atoms with Crippen molar-refractivity contribution in [2.24, 2.45) is 0 Å². The van der Waals surface area contributed by atoms with E-state index in [-0.39, 0.29) is 17.4 Å². The SMILES string of the molecule is COc1ccc(C2/C(=C(\O)c3cc(C)cc(C)c3OC)C(=O)C(=O)N2C2CCCC2)cc1OC. The highest BCUT2D eigenvalue weighted by Gasteiger charge is 2.49. The van der Waals surface area contributed by atoms with Gasteiger partial charge in [-0.25, -0.2) is 0 Å². The van der Waals surface area contributed by atoms with Gasteiger partial charge in [0.1, 0.15) is 11.5 Å². The highest BCUT2D eigenvalue weighted by atomic mass is 16.5. The smallest absolute Gasteiger partial charge is 0.295 e. The van der Waals surface area contributed by atoms with Gasteiger partial charge in [-0.05, 0) is 61.6 Å². The molecule has 1 aliphatic carbocycles. The van der Waals surface area contributed by atoms with Gasteiger partial charge in [-0.15, -0.1) is 0 Å². The van der Waals surface area contributed by atoms with Crippen LogP contribution in [0.25, 0.3) is 5.76 Å². The molecule has 0 radical (unpaired) electrons. The fraction of sp³-hybridized carbons (Fsp3) is 0.407. The summed E-state index contributed by atoms with van der Waals surface area (Å²) in [6.45, 7) is 3.79. The number of aliphatic hydroxyl groups is 1. The van der Waals surface area contributed by atoms with Crippen LogP contribution in [-0.4, -0.2) is 49.1 Å². The number of hydrogen-bond acceptors (Lipinski definition) is 6. The monoisotopic (exact) mass is 465 g/mol. The van der Waals surface area contributed by atoms with E-state index in [0.717, 1.165) is 36.8 Å². The van der Waals surface area contributed by atoms with E-state index in [1.165, 1.54) is 14.2 Å². The third-order valence-corrected chi connectivity index (χ3v) is 6.80. The summed E-state index contributed by atoms with van der Waals surface area (Å²) in [6, 6.07) is 8.23. The zero-order valence-corrected chi connectivity index (χ0v) is 20.3. The zero-order valence-electron chi connectivity index (χ0n) is 20.3. The lowest BCUT2D eigenvalue weighted by Gasteiger charge is -2.31. The van der Waals surface area contributed by atoms with Crippen molar-refractivity contribution in [3.63, 3.8) is 0 Å². The molecule has 0 aromatic heterocycles. The van der Waals surface area contributed by atoms with Gasteiger partial charge in [0.15, 0.2) is 11.5 Å². The van der Waals surface area contributed by atoms with Crippen molar-refractivity contribution in [1.82, 2.24) is 4.90 Å². The third-order valence-electron chi connectivity index (χ3n) is 6.80. The summed E-state index contributed by atoms with van der Waals surface area (Å²) in [5, 5.41) is 11.5. The molecule has 2 aromatic rings. The molecule has 1 heterocycles. The molecule has 34 heavy (non-hydrogen) atoms. The minimum Gasteiger partial charge on any atom is -0.507 e. The average molecular weight is 466 g/mol. The third kappa shape index (κ3) is 3.89. The summed E-state index contributed by atoms with van der Waals surface area (Å²) in [6.07, 6.45) is 3.64. The molecule has 1 unspecified atom stereocenters. The second-order valence-corrected chi connectivity index (χ2v) is 8.92. The van der Waals surface area contributed by atoms with Crippen LogP contribution in [0.3, 0.4) is 0 Å². The first-order valence-electron chi connectivity index (χ1n) is 11.5. The van der Waals surface area contributed by atoms with E-state index in [2.05, 4.69) is 0 Å². The molecule has 1 saturated carbocycles. The number of Topliss-reactive ketones (excluding diaryl/α,β-unsaturated/α-hetero) is 1. The summed E-state index contributed by atoms with van der Waals surface area (Å²) in [4.78, 5) is 28.4. The van der Waals surface area contributed by atoms with Crippen molar-refractivity contribution in [3.05, 3.63) is 58.2 Å². The standard InChI is InChI=1S/C27H31NO6/c1-15-12-16(2)26(34-5)19(13-15)24(29)22-23(17-10-11-20(32-3)21(14-17)33-4)28(27(31)25(22)30)18-8-6-7-9-18/h10-14,18,23,29H,6-9H2,1-5H3/b24-22+. The molecule has 4 rings (SSSR count). The number of aryl methyl sites for hydroxylation is 2. The fourth-order valence-electron chi connectivity index (χ4n) is 5.31. The van der Waals surface area contributed by atoms with Gasteiger partial charge in [0.2, 0.25) is 0 Å². The number of carbonyl (C=O) groups is 2. The lowest BCUT2D eigenvalue weighted by atomic mass is 9.93. The zero-order chi connectivity index (χ0) is 24.6. The molecule has 0 spiro atoms. The van der Waals surface area contributed by atoms with Crippen molar-refractivity contribution < 1.29 is 28.9 Å². The van der Waals surface area contributed by atoms with Gasteiger partial charge >= 0.3 is 0 Å². The van der Waals surface area contributed by atoms with E-state index < -0.39 is 17.7 Å². The van der Waals surface area contributed by atoms with E-state index in [1.807, 2.05) is 26.0 Å². The normalized spacial score (nSPS) is 20.1. The van der Waals surface area contributed by atoms with Gasteiger partial charge in [0.25, 0.3) is 11.7 Å². The number of ketones is 1. The van der Waals surface area contributed by atoms with E-state index in [0.29, 0.717) is 28.4 Å². The lowest BCUT2D eigenvalue weighted by molar-refractivity contribution is -0.141. The van der Waals surface area contributed by atoms with Crippen LogP contribution in [0.2, 0.25) is 0 Å². The van der Waals surface area contributed by atoms with E-state index in [4.69, 9.17) is 14.2 Å². The van der Waals surface area contributed by atoms with Crippen molar-refractivity contribution in [3.8, 4) is 17.2 Å². The van der Waals surface area contributed by atoms with Gasteiger partial charge < -0.3 is 24.2 Å². The number of carbonyl (C=O) groups excluding carboxylic acids is 2. The van der Waals surface area contributed by atoms with Crippen molar-refractivity contribution in [2.45, 2.75) is 51.6 Å². The minimum absolute atomic E-state index is 0.0624. The number of amides is 1. The molecule has 7 heteroatoms. The number of rotatable bonds is 6.